The average molecular weight is 301 g/mol. The highest BCUT2D eigenvalue weighted by molar-refractivity contribution is 7.80. The van der Waals surface area contributed by atoms with Crippen LogP contribution in [0.3, 0.4) is 0 Å². The Morgan fingerprint density at radius 2 is 2.19 bits per heavy atom. The molecule has 1 amide bonds. The van der Waals surface area contributed by atoms with Gasteiger partial charge in [0.05, 0.1) is 0 Å². The summed E-state index contributed by atoms with van der Waals surface area (Å²) in [6.07, 6.45) is 6.64. The zero-order valence-electron chi connectivity index (χ0n) is 11.7. The van der Waals surface area contributed by atoms with Crippen LogP contribution in [-0.4, -0.2) is 22.5 Å². The lowest BCUT2D eigenvalue weighted by molar-refractivity contribution is -0.122. The van der Waals surface area contributed by atoms with E-state index in [9.17, 15) is 4.79 Å². The third-order valence-electron chi connectivity index (χ3n) is 2.89. The van der Waals surface area contributed by atoms with Gasteiger partial charge >= 0.3 is 0 Å². The molecule has 0 spiro atoms. The number of allylic oxidation sites excluding steroid dienone is 4. The molecule has 1 aromatic rings. The summed E-state index contributed by atoms with van der Waals surface area (Å²) in [5.74, 6) is 1.05. The molecule has 0 aromatic carbocycles. The van der Waals surface area contributed by atoms with Crippen LogP contribution >= 0.6 is 12.2 Å². The van der Waals surface area contributed by atoms with Crippen molar-refractivity contribution in [1.29, 1.82) is 0 Å². The molecule has 2 heterocycles. The lowest BCUT2D eigenvalue weighted by atomic mass is 10.2. The second-order valence-electron chi connectivity index (χ2n) is 4.19. The van der Waals surface area contributed by atoms with Crippen LogP contribution in [0.5, 0.6) is 0 Å². The van der Waals surface area contributed by atoms with E-state index >= 15 is 0 Å². The Hall–Kier alpha value is -2.40. The number of likely N-dealkylation sites (N-methyl/N-ethyl adjacent to an activating group) is 1. The summed E-state index contributed by atoms with van der Waals surface area (Å²) >= 11 is 4.99. The highest BCUT2D eigenvalue weighted by Gasteiger charge is 2.32. The largest absolute Gasteiger partial charge is 0.457 e. The molecule has 5 heteroatoms. The molecule has 0 N–H and O–H groups in total. The summed E-state index contributed by atoms with van der Waals surface area (Å²) in [5.41, 5.74) is 0.805. The van der Waals surface area contributed by atoms with Gasteiger partial charge in [-0.1, -0.05) is 31.4 Å². The molecule has 0 atom stereocenters. The Bertz CT molecular complexity index is 667. The first-order valence-electron chi connectivity index (χ1n) is 6.41. The van der Waals surface area contributed by atoms with E-state index in [1.54, 1.807) is 30.4 Å². The Kier molecular flexibility index (Phi) is 4.55. The highest BCUT2D eigenvalue weighted by Crippen LogP contribution is 2.23. The van der Waals surface area contributed by atoms with Crippen LogP contribution in [0.25, 0.3) is 11.6 Å². The number of hydrogen-bond acceptors (Lipinski definition) is 4. The van der Waals surface area contributed by atoms with E-state index in [0.29, 0.717) is 18.1 Å². The number of ether oxygens (including phenoxy) is 1. The molecule has 1 fully saturated rings. The fraction of sp³-hybridized carbons (Fsp3) is 0.125. The van der Waals surface area contributed by atoms with Gasteiger partial charge in [-0.2, -0.15) is 0 Å². The Morgan fingerprint density at radius 1 is 1.43 bits per heavy atom. The third kappa shape index (κ3) is 3.03. The number of nitrogens with zero attached hydrogens (tertiary/aromatic N) is 1. The zero-order valence-corrected chi connectivity index (χ0v) is 12.5. The van der Waals surface area contributed by atoms with E-state index in [1.807, 2.05) is 6.92 Å². The normalized spacial score (nSPS) is 17.3. The lowest BCUT2D eigenvalue weighted by Gasteiger charge is -2.06. The molecule has 0 aliphatic carbocycles. The van der Waals surface area contributed by atoms with Gasteiger partial charge in [0.1, 0.15) is 11.5 Å². The number of amides is 1. The predicted octanol–water partition coefficient (Wildman–Crippen LogP) is 3.54. The maximum absolute atomic E-state index is 12.0. The molecule has 2 rings (SSSR count). The molecule has 108 valence electrons. The maximum atomic E-state index is 12.0. The van der Waals surface area contributed by atoms with Crippen molar-refractivity contribution >= 4 is 34.9 Å². The summed E-state index contributed by atoms with van der Waals surface area (Å²) in [4.78, 5) is 13.4. The van der Waals surface area contributed by atoms with Crippen molar-refractivity contribution in [3.8, 4) is 0 Å². The number of furan rings is 1. The van der Waals surface area contributed by atoms with E-state index in [1.165, 1.54) is 11.0 Å². The fourth-order valence-corrected chi connectivity index (χ4v) is 2.17. The summed E-state index contributed by atoms with van der Waals surface area (Å²) in [6, 6.07) is 3.54. The Morgan fingerprint density at radius 3 is 2.76 bits per heavy atom. The van der Waals surface area contributed by atoms with Crippen molar-refractivity contribution in [2.45, 2.75) is 6.92 Å². The van der Waals surface area contributed by atoms with Crippen molar-refractivity contribution in [3.05, 3.63) is 60.8 Å². The summed E-state index contributed by atoms with van der Waals surface area (Å²) in [6.45, 7) is 9.66. The van der Waals surface area contributed by atoms with Crippen molar-refractivity contribution in [2.75, 3.05) is 6.54 Å². The maximum Gasteiger partial charge on any atom is 0.297 e. The van der Waals surface area contributed by atoms with Gasteiger partial charge < -0.3 is 9.15 Å². The quantitative estimate of drug-likeness (QED) is 0.474. The lowest BCUT2D eigenvalue weighted by Crippen LogP contribution is -2.27. The number of hydrogen-bond donors (Lipinski definition) is 0. The van der Waals surface area contributed by atoms with Crippen molar-refractivity contribution in [3.63, 3.8) is 0 Å². The first-order chi connectivity index (χ1) is 10.1. The molecule has 0 saturated carbocycles. The fourth-order valence-electron chi connectivity index (χ4n) is 1.87. The van der Waals surface area contributed by atoms with Crippen LogP contribution in [0, 0.1) is 0 Å². The molecule has 0 radical (unpaired) electrons. The van der Waals surface area contributed by atoms with Crippen LogP contribution in [0.2, 0.25) is 0 Å². The van der Waals surface area contributed by atoms with E-state index in [0.717, 1.165) is 5.57 Å². The van der Waals surface area contributed by atoms with Crippen LogP contribution < -0.4 is 0 Å². The molecular formula is C16H15NO3S. The van der Waals surface area contributed by atoms with Gasteiger partial charge in [-0.3, -0.25) is 9.69 Å². The van der Waals surface area contributed by atoms with E-state index in [4.69, 9.17) is 21.4 Å². The first-order valence-corrected chi connectivity index (χ1v) is 6.82. The summed E-state index contributed by atoms with van der Waals surface area (Å²) < 4.78 is 10.9. The topological polar surface area (TPSA) is 42.7 Å². The molecule has 0 unspecified atom stereocenters. The third-order valence-corrected chi connectivity index (χ3v) is 3.20. The van der Waals surface area contributed by atoms with Crippen molar-refractivity contribution < 1.29 is 13.9 Å². The molecule has 21 heavy (non-hydrogen) atoms. The molecule has 1 saturated heterocycles. The molecule has 1 aliphatic rings. The smallest absolute Gasteiger partial charge is 0.297 e. The minimum absolute atomic E-state index is 0.163. The molecule has 4 nitrogen and oxygen atoms in total. The number of carbonyl (C=O) groups excluding carboxylic acids is 1. The van der Waals surface area contributed by atoms with Gasteiger partial charge in [-0.05, 0) is 31.3 Å². The minimum atomic E-state index is -0.258. The Balaban J connectivity index is 2.27. The SMILES string of the molecule is C=C/C=C(\C=C)c1ccc(/C=C2\OC(=S)N(CC)C2=O)o1. The van der Waals surface area contributed by atoms with Gasteiger partial charge in [-0.15, -0.1) is 0 Å². The molecule has 1 aromatic heterocycles. The van der Waals surface area contributed by atoms with E-state index < -0.39 is 0 Å². The van der Waals surface area contributed by atoms with Crippen LogP contribution in [0.4, 0.5) is 0 Å². The van der Waals surface area contributed by atoms with E-state index in [2.05, 4.69) is 13.2 Å². The number of carbonyl (C=O) groups is 1. The Labute approximate surface area is 128 Å². The second kappa shape index (κ2) is 6.37. The van der Waals surface area contributed by atoms with Crippen LogP contribution in [0.1, 0.15) is 18.4 Å². The van der Waals surface area contributed by atoms with Gasteiger partial charge in [0.2, 0.25) is 0 Å². The minimum Gasteiger partial charge on any atom is -0.457 e. The predicted molar refractivity (Wildman–Crippen MR) is 86.1 cm³/mol. The van der Waals surface area contributed by atoms with Crippen molar-refractivity contribution in [1.82, 2.24) is 4.90 Å². The van der Waals surface area contributed by atoms with Gasteiger partial charge in [0.25, 0.3) is 11.1 Å². The first kappa shape index (κ1) is 15.0. The number of thiocarbonyl (C=S) groups is 1. The highest BCUT2D eigenvalue weighted by atomic mass is 32.1. The summed E-state index contributed by atoms with van der Waals surface area (Å²) in [5, 5.41) is 0.166. The standard InChI is InChI=1S/C16H15NO3S/c1-4-7-11(5-2)13-9-8-12(19-13)10-14-15(18)17(6-3)16(21)20-14/h4-5,7-10H,1-2,6H2,3H3/b11-7+,14-10-. The molecule has 1 aliphatic heterocycles. The van der Waals surface area contributed by atoms with Crippen molar-refractivity contribution in [2.24, 2.45) is 0 Å². The monoisotopic (exact) mass is 301 g/mol. The average Bonchev–Trinajstić information content (AvgIpc) is 3.02. The van der Waals surface area contributed by atoms with Gasteiger partial charge in [0.15, 0.2) is 5.76 Å². The second-order valence-corrected chi connectivity index (χ2v) is 4.54. The summed E-state index contributed by atoms with van der Waals surface area (Å²) in [7, 11) is 0. The van der Waals surface area contributed by atoms with Crippen LogP contribution in [-0.2, 0) is 9.53 Å². The van der Waals surface area contributed by atoms with E-state index in [-0.39, 0.29) is 16.8 Å². The molecule has 0 bridgehead atoms. The number of rotatable bonds is 5. The molecular weight excluding hydrogens is 286 g/mol. The zero-order chi connectivity index (χ0) is 15.4. The van der Waals surface area contributed by atoms with Gasteiger partial charge in [0, 0.05) is 18.2 Å². The van der Waals surface area contributed by atoms with Crippen LogP contribution in [0.15, 0.2) is 53.7 Å². The van der Waals surface area contributed by atoms with Gasteiger partial charge in [-0.25, -0.2) is 0 Å².